The van der Waals surface area contributed by atoms with Crippen molar-refractivity contribution in [1.29, 1.82) is 0 Å². The maximum absolute atomic E-state index is 12.7. The first-order valence-corrected chi connectivity index (χ1v) is 10.2. The van der Waals surface area contributed by atoms with E-state index in [1.807, 2.05) is 4.90 Å². The smallest absolute Gasteiger partial charge is 0.290 e. The highest BCUT2D eigenvalue weighted by Crippen LogP contribution is 2.37. The highest BCUT2D eigenvalue weighted by Gasteiger charge is 2.27. The van der Waals surface area contributed by atoms with E-state index in [0.717, 1.165) is 57.8 Å². The van der Waals surface area contributed by atoms with Gasteiger partial charge in [0.05, 0.1) is 5.56 Å². The minimum Gasteiger partial charge on any atom is -0.483 e. The fraction of sp³-hybridized carbons (Fsp3) is 0.619. The van der Waals surface area contributed by atoms with Gasteiger partial charge in [0.15, 0.2) is 0 Å². The maximum atomic E-state index is 12.7. The van der Waals surface area contributed by atoms with Crippen LogP contribution in [0.5, 0.6) is 0 Å². The zero-order chi connectivity index (χ0) is 20.4. The van der Waals surface area contributed by atoms with E-state index in [2.05, 4.69) is 34.8 Å². The van der Waals surface area contributed by atoms with Crippen LogP contribution in [0.3, 0.4) is 0 Å². The number of nitrogens with zero attached hydrogens (tertiary/aromatic N) is 4. The molecular weight excluding hydrogens is 356 g/mol. The molecule has 1 N–H and O–H groups in total. The monoisotopic (exact) mass is 388 g/mol. The predicted octanol–water partition coefficient (Wildman–Crippen LogP) is 2.95. The lowest BCUT2D eigenvalue weighted by Gasteiger charge is -2.21. The molecule has 0 radical (unpaired) electrons. The van der Waals surface area contributed by atoms with Gasteiger partial charge in [0.1, 0.15) is 5.82 Å². The van der Waals surface area contributed by atoms with E-state index in [-0.39, 0.29) is 12.4 Å². The molecule has 1 aromatic heterocycles. The zero-order valence-corrected chi connectivity index (χ0v) is 17.0. The molecule has 7 nitrogen and oxygen atoms in total. The van der Waals surface area contributed by atoms with Crippen molar-refractivity contribution in [2.24, 2.45) is 0 Å². The molecule has 2 aliphatic rings. The molecule has 154 valence electrons. The van der Waals surface area contributed by atoms with E-state index in [1.165, 1.54) is 18.4 Å². The summed E-state index contributed by atoms with van der Waals surface area (Å²) in [6.07, 6.45) is 11.4. The van der Waals surface area contributed by atoms with Gasteiger partial charge in [-0.2, -0.15) is 0 Å². The Balaban J connectivity index is 0.000000878. The van der Waals surface area contributed by atoms with Crippen LogP contribution in [0.4, 0.5) is 0 Å². The quantitative estimate of drug-likeness (QED) is 0.596. The van der Waals surface area contributed by atoms with Gasteiger partial charge in [0.25, 0.3) is 12.4 Å². The summed E-state index contributed by atoms with van der Waals surface area (Å²) in [6, 6.07) is 0. The van der Waals surface area contributed by atoms with Crippen LogP contribution in [-0.4, -0.2) is 70.0 Å². The van der Waals surface area contributed by atoms with Gasteiger partial charge in [-0.05, 0) is 45.6 Å². The number of carboxylic acid groups (broad SMARTS) is 1. The number of rotatable bonds is 6. The second-order valence-corrected chi connectivity index (χ2v) is 7.39. The summed E-state index contributed by atoms with van der Waals surface area (Å²) in [5, 5.41) is 6.89. The number of carbonyl (C=O) groups excluding carboxylic acids is 1. The number of carbonyl (C=O) groups is 2. The molecule has 1 aliphatic heterocycles. The molecular formula is C21H32N4O3. The summed E-state index contributed by atoms with van der Waals surface area (Å²) in [4.78, 5) is 34.3. The van der Waals surface area contributed by atoms with Gasteiger partial charge >= 0.3 is 0 Å². The summed E-state index contributed by atoms with van der Waals surface area (Å²) in [5.74, 6) is 1.50. The van der Waals surface area contributed by atoms with Crippen LogP contribution in [0.2, 0.25) is 0 Å². The number of hydrogen-bond acceptors (Lipinski definition) is 5. The average Bonchev–Trinajstić information content (AvgIpc) is 3.56. The molecule has 1 aliphatic carbocycles. The van der Waals surface area contributed by atoms with E-state index in [9.17, 15) is 4.79 Å². The van der Waals surface area contributed by atoms with Crippen LogP contribution in [0.15, 0.2) is 24.0 Å². The van der Waals surface area contributed by atoms with Crippen molar-refractivity contribution in [1.82, 2.24) is 19.8 Å². The van der Waals surface area contributed by atoms with Crippen molar-refractivity contribution < 1.29 is 14.7 Å². The Morgan fingerprint density at radius 3 is 2.50 bits per heavy atom. The van der Waals surface area contributed by atoms with Crippen molar-refractivity contribution >= 4 is 12.4 Å². The third kappa shape index (κ3) is 7.03. The maximum Gasteiger partial charge on any atom is 0.290 e. The first kappa shape index (κ1) is 22.0. The minimum absolute atomic E-state index is 0.0749. The average molecular weight is 389 g/mol. The van der Waals surface area contributed by atoms with Crippen molar-refractivity contribution in [2.75, 3.05) is 32.7 Å². The molecule has 0 atom stereocenters. The Bertz CT molecular complexity index is 656. The van der Waals surface area contributed by atoms with Gasteiger partial charge < -0.3 is 14.9 Å². The molecule has 1 aromatic rings. The molecule has 0 bridgehead atoms. The number of hydrogen-bond donors (Lipinski definition) is 1. The van der Waals surface area contributed by atoms with E-state index in [1.54, 1.807) is 12.4 Å². The Hall–Kier alpha value is -2.28. The molecule has 1 amide bonds. The molecule has 2 heterocycles. The zero-order valence-electron chi connectivity index (χ0n) is 17.0. The molecule has 7 heteroatoms. The minimum atomic E-state index is -0.250. The largest absolute Gasteiger partial charge is 0.483 e. The molecule has 0 aromatic carbocycles. The standard InChI is InChI=1S/C20H30N4O.CH2O2/c1-3-16(2)6-4-9-23-10-5-11-24(13-12-23)20(25)18-14-21-19(22-15-18)17-7-8-17;2-1-3/h6,14-15,17H,3-5,7-13H2,1-2H3;1H,(H,2,3)/b16-6+;. The van der Waals surface area contributed by atoms with Gasteiger partial charge in [-0.3, -0.25) is 9.59 Å². The first-order valence-electron chi connectivity index (χ1n) is 10.2. The van der Waals surface area contributed by atoms with Crippen LogP contribution >= 0.6 is 0 Å². The summed E-state index contributed by atoms with van der Waals surface area (Å²) in [5.41, 5.74) is 2.08. The lowest BCUT2D eigenvalue weighted by molar-refractivity contribution is -0.122. The van der Waals surface area contributed by atoms with E-state index in [4.69, 9.17) is 9.90 Å². The van der Waals surface area contributed by atoms with Gasteiger partial charge in [-0.25, -0.2) is 9.97 Å². The fourth-order valence-electron chi connectivity index (χ4n) is 3.22. The lowest BCUT2D eigenvalue weighted by Crippen LogP contribution is -2.35. The van der Waals surface area contributed by atoms with E-state index < -0.39 is 0 Å². The Labute approximate surface area is 167 Å². The molecule has 0 unspecified atom stereocenters. The predicted molar refractivity (Wildman–Crippen MR) is 108 cm³/mol. The molecule has 1 saturated carbocycles. The third-order valence-electron chi connectivity index (χ3n) is 5.23. The Morgan fingerprint density at radius 1 is 1.21 bits per heavy atom. The number of allylic oxidation sites excluding steroid dienone is 1. The van der Waals surface area contributed by atoms with Gasteiger partial charge in [0.2, 0.25) is 0 Å². The highest BCUT2D eigenvalue weighted by atomic mass is 16.3. The van der Waals surface area contributed by atoms with Gasteiger partial charge in [0, 0.05) is 44.5 Å². The second kappa shape index (κ2) is 11.5. The highest BCUT2D eigenvalue weighted by molar-refractivity contribution is 5.93. The molecule has 3 rings (SSSR count). The number of aromatic nitrogens is 2. The van der Waals surface area contributed by atoms with Crippen molar-refractivity contribution in [3.63, 3.8) is 0 Å². The lowest BCUT2D eigenvalue weighted by atomic mass is 10.2. The van der Waals surface area contributed by atoms with Crippen LogP contribution in [0.25, 0.3) is 0 Å². The first-order chi connectivity index (χ1) is 13.6. The number of amides is 1. The Kier molecular flexibility index (Phi) is 9.07. The van der Waals surface area contributed by atoms with Gasteiger partial charge in [-0.1, -0.05) is 18.6 Å². The molecule has 2 fully saturated rings. The summed E-state index contributed by atoms with van der Waals surface area (Å²) >= 11 is 0. The molecule has 28 heavy (non-hydrogen) atoms. The van der Waals surface area contributed by atoms with Gasteiger partial charge in [-0.15, -0.1) is 0 Å². The second-order valence-electron chi connectivity index (χ2n) is 7.39. The van der Waals surface area contributed by atoms with Crippen LogP contribution in [0.1, 0.15) is 68.1 Å². The van der Waals surface area contributed by atoms with E-state index in [0.29, 0.717) is 11.5 Å². The molecule has 0 spiro atoms. The van der Waals surface area contributed by atoms with Crippen molar-refractivity contribution in [3.05, 3.63) is 35.4 Å². The summed E-state index contributed by atoms with van der Waals surface area (Å²) in [6.45, 7) is 8.86. The Morgan fingerprint density at radius 2 is 1.89 bits per heavy atom. The van der Waals surface area contributed by atoms with Crippen molar-refractivity contribution in [2.45, 2.75) is 51.9 Å². The molecule has 1 saturated heterocycles. The van der Waals surface area contributed by atoms with Crippen molar-refractivity contribution in [3.8, 4) is 0 Å². The van der Waals surface area contributed by atoms with Crippen LogP contribution in [-0.2, 0) is 4.79 Å². The summed E-state index contributed by atoms with van der Waals surface area (Å²) < 4.78 is 0. The van der Waals surface area contributed by atoms with Crippen LogP contribution in [0, 0.1) is 0 Å². The van der Waals surface area contributed by atoms with Crippen LogP contribution < -0.4 is 0 Å². The normalized spacial score (nSPS) is 18.1. The fourth-order valence-corrected chi connectivity index (χ4v) is 3.22. The third-order valence-corrected chi connectivity index (χ3v) is 5.23. The summed E-state index contributed by atoms with van der Waals surface area (Å²) in [7, 11) is 0. The van der Waals surface area contributed by atoms with E-state index >= 15 is 0 Å². The topological polar surface area (TPSA) is 86.6 Å². The SMILES string of the molecule is CC/C(C)=C/CCN1CCCN(C(=O)c2cnc(C3CC3)nc2)CC1.O=CO.